The summed E-state index contributed by atoms with van der Waals surface area (Å²) in [5, 5.41) is 14.2. The molecule has 6 nitrogen and oxygen atoms in total. The average molecular weight is 378 g/mol. The van der Waals surface area contributed by atoms with Crippen LogP contribution in [-0.4, -0.2) is 24.5 Å². The number of aromatic nitrogens is 1. The number of sulfonamides is 1. The molecule has 0 saturated carbocycles. The summed E-state index contributed by atoms with van der Waals surface area (Å²) < 4.78 is 35.8. The number of hydrogen-bond donors (Lipinski definition) is 2. The highest BCUT2D eigenvalue weighted by atomic mass is 32.2. The summed E-state index contributed by atoms with van der Waals surface area (Å²) in [5.41, 5.74) is 1.50. The molecule has 1 aromatic heterocycles. The van der Waals surface area contributed by atoms with E-state index in [2.05, 4.69) is 4.98 Å². The molecule has 0 radical (unpaired) electrons. The quantitative estimate of drug-likeness (QED) is 0.725. The summed E-state index contributed by atoms with van der Waals surface area (Å²) in [5.74, 6) is -1.59. The lowest BCUT2D eigenvalue weighted by Gasteiger charge is -2.04. The Hall–Kier alpha value is -2.62. The highest BCUT2D eigenvalue weighted by molar-refractivity contribution is 7.89. The lowest BCUT2D eigenvalue weighted by molar-refractivity contribution is 0.0696. The van der Waals surface area contributed by atoms with Crippen LogP contribution in [0.15, 0.2) is 53.4 Å². The van der Waals surface area contributed by atoms with Gasteiger partial charge in [0.15, 0.2) is 0 Å². The number of primary sulfonamides is 1. The van der Waals surface area contributed by atoms with Crippen LogP contribution >= 0.6 is 11.3 Å². The van der Waals surface area contributed by atoms with Gasteiger partial charge in [-0.3, -0.25) is 0 Å². The van der Waals surface area contributed by atoms with Crippen LogP contribution in [0.5, 0.6) is 0 Å². The average Bonchev–Trinajstić information content (AvgIpc) is 3.00. The van der Waals surface area contributed by atoms with Crippen LogP contribution in [0.3, 0.4) is 0 Å². The van der Waals surface area contributed by atoms with Gasteiger partial charge in [0.25, 0.3) is 0 Å². The number of nitrogens with zero attached hydrogens (tertiary/aromatic N) is 1. The van der Waals surface area contributed by atoms with Gasteiger partial charge in [-0.25, -0.2) is 27.7 Å². The molecule has 0 spiro atoms. The lowest BCUT2D eigenvalue weighted by Crippen LogP contribution is -2.11. The summed E-state index contributed by atoms with van der Waals surface area (Å²) in [7, 11) is -3.83. The second-order valence-corrected chi connectivity index (χ2v) is 7.64. The molecule has 2 aromatic carbocycles. The van der Waals surface area contributed by atoms with Crippen molar-refractivity contribution in [3.05, 3.63) is 59.4 Å². The maximum absolute atomic E-state index is 13.1. The van der Waals surface area contributed by atoms with Crippen LogP contribution in [0.25, 0.3) is 21.7 Å². The van der Waals surface area contributed by atoms with Crippen LogP contribution < -0.4 is 5.14 Å². The molecule has 0 amide bonds. The van der Waals surface area contributed by atoms with E-state index in [1.165, 1.54) is 48.5 Å². The number of benzene rings is 2. The van der Waals surface area contributed by atoms with Crippen LogP contribution in [0, 0.1) is 5.82 Å². The molecule has 3 N–H and O–H groups in total. The number of carboxylic acids is 1. The number of thiazole rings is 1. The Balaban J connectivity index is 2.14. The minimum atomic E-state index is -3.83. The van der Waals surface area contributed by atoms with E-state index in [0.717, 1.165) is 11.3 Å². The van der Waals surface area contributed by atoms with Crippen LogP contribution in [0.1, 0.15) is 9.80 Å². The smallest absolute Gasteiger partial charge is 0.365 e. The van der Waals surface area contributed by atoms with Crippen molar-refractivity contribution in [1.82, 2.24) is 4.98 Å². The zero-order chi connectivity index (χ0) is 18.2. The molecule has 3 aromatic rings. The number of carboxylic acid groups (broad SMARTS) is 1. The van der Waals surface area contributed by atoms with Gasteiger partial charge in [0, 0.05) is 5.56 Å². The first-order chi connectivity index (χ1) is 11.8. The fraction of sp³-hybridized carbons (Fsp3) is 0. The second-order valence-electron chi connectivity index (χ2n) is 5.08. The first-order valence-electron chi connectivity index (χ1n) is 6.89. The first kappa shape index (κ1) is 17.2. The number of halogens is 1. The molecular weight excluding hydrogens is 367 g/mol. The molecule has 0 aliphatic heterocycles. The fourth-order valence-corrected chi connectivity index (χ4v) is 3.65. The zero-order valence-corrected chi connectivity index (χ0v) is 14.1. The van der Waals surface area contributed by atoms with E-state index in [1.54, 1.807) is 0 Å². The summed E-state index contributed by atoms with van der Waals surface area (Å²) >= 11 is 0.955. The third-order valence-corrected chi connectivity index (χ3v) is 5.39. The zero-order valence-electron chi connectivity index (χ0n) is 12.5. The minimum Gasteiger partial charge on any atom is -0.476 e. The summed E-state index contributed by atoms with van der Waals surface area (Å²) in [6.07, 6.45) is 0. The van der Waals surface area contributed by atoms with Crippen molar-refractivity contribution in [2.75, 3.05) is 0 Å². The van der Waals surface area contributed by atoms with Gasteiger partial charge in [-0.15, -0.1) is 11.3 Å². The van der Waals surface area contributed by atoms with Crippen molar-refractivity contribution in [1.29, 1.82) is 0 Å². The van der Waals surface area contributed by atoms with Crippen molar-refractivity contribution >= 4 is 27.3 Å². The summed E-state index contributed by atoms with van der Waals surface area (Å²) in [6, 6.07) is 11.2. The standard InChI is InChI=1S/C16H11FN2O4S2/c17-11-5-1-10(2-6-11)14-13(19-15(24-14)16(20)21)9-3-7-12(8-4-9)25(18,22)23/h1-8H,(H,20,21)(H2,18,22,23). The van der Waals surface area contributed by atoms with Gasteiger partial charge in [0.2, 0.25) is 15.0 Å². The van der Waals surface area contributed by atoms with E-state index in [-0.39, 0.29) is 9.90 Å². The minimum absolute atomic E-state index is 0.0618. The van der Waals surface area contributed by atoms with Gasteiger partial charge >= 0.3 is 5.97 Å². The molecule has 25 heavy (non-hydrogen) atoms. The molecule has 1 heterocycles. The summed E-state index contributed by atoms with van der Waals surface area (Å²) in [6.45, 7) is 0. The number of hydrogen-bond acceptors (Lipinski definition) is 5. The Morgan fingerprint density at radius 1 is 1.04 bits per heavy atom. The predicted octanol–water partition coefficient (Wildman–Crippen LogP) is 2.96. The molecule has 128 valence electrons. The van der Waals surface area contributed by atoms with Crippen molar-refractivity contribution < 1.29 is 22.7 Å². The molecule has 0 aliphatic rings. The van der Waals surface area contributed by atoms with E-state index < -0.39 is 21.8 Å². The van der Waals surface area contributed by atoms with Crippen molar-refractivity contribution in [2.45, 2.75) is 4.90 Å². The van der Waals surface area contributed by atoms with Crippen molar-refractivity contribution in [2.24, 2.45) is 5.14 Å². The molecule has 9 heteroatoms. The highest BCUT2D eigenvalue weighted by Gasteiger charge is 2.19. The van der Waals surface area contributed by atoms with Gasteiger partial charge in [-0.2, -0.15) is 0 Å². The maximum atomic E-state index is 13.1. The number of rotatable bonds is 4. The molecule has 0 fully saturated rings. The Labute approximate surface area is 146 Å². The van der Waals surface area contributed by atoms with Crippen molar-refractivity contribution in [3.8, 4) is 21.7 Å². The van der Waals surface area contributed by atoms with Gasteiger partial charge in [-0.1, -0.05) is 24.3 Å². The van der Waals surface area contributed by atoms with E-state index in [1.807, 2.05) is 0 Å². The van der Waals surface area contributed by atoms with Gasteiger partial charge in [-0.05, 0) is 29.8 Å². The number of carbonyl (C=O) groups is 1. The van der Waals surface area contributed by atoms with Gasteiger partial charge in [0.05, 0.1) is 15.5 Å². The third-order valence-electron chi connectivity index (χ3n) is 3.37. The Morgan fingerprint density at radius 3 is 2.12 bits per heavy atom. The first-order valence-corrected chi connectivity index (χ1v) is 9.25. The fourth-order valence-electron chi connectivity index (χ4n) is 2.21. The molecule has 0 aliphatic carbocycles. The SMILES string of the molecule is NS(=O)(=O)c1ccc(-c2nc(C(=O)O)sc2-c2ccc(F)cc2)cc1. The summed E-state index contributed by atoms with van der Waals surface area (Å²) in [4.78, 5) is 15.9. The lowest BCUT2D eigenvalue weighted by atomic mass is 10.1. The number of aromatic carboxylic acids is 1. The largest absolute Gasteiger partial charge is 0.476 e. The topological polar surface area (TPSA) is 110 Å². The van der Waals surface area contributed by atoms with E-state index >= 15 is 0 Å². The number of nitrogens with two attached hydrogens (primary N) is 1. The normalized spacial score (nSPS) is 11.4. The van der Waals surface area contributed by atoms with Crippen molar-refractivity contribution in [3.63, 3.8) is 0 Å². The Morgan fingerprint density at radius 2 is 1.60 bits per heavy atom. The van der Waals surface area contributed by atoms with Gasteiger partial charge < -0.3 is 5.11 Å². The third kappa shape index (κ3) is 3.58. The molecule has 0 unspecified atom stereocenters. The Kier molecular flexibility index (Phi) is 4.38. The Bertz CT molecular complexity index is 1040. The predicted molar refractivity (Wildman–Crippen MR) is 91.3 cm³/mol. The van der Waals surface area contributed by atoms with E-state index in [0.29, 0.717) is 21.7 Å². The molecular formula is C16H11FN2O4S2. The van der Waals surface area contributed by atoms with Gasteiger partial charge in [0.1, 0.15) is 5.82 Å². The molecule has 0 bridgehead atoms. The maximum Gasteiger partial charge on any atom is 0.365 e. The molecule has 0 saturated heterocycles. The molecule has 3 rings (SSSR count). The van der Waals surface area contributed by atoms with E-state index in [4.69, 9.17) is 5.14 Å². The van der Waals surface area contributed by atoms with E-state index in [9.17, 15) is 22.7 Å². The van der Waals surface area contributed by atoms with Crippen LogP contribution in [0.2, 0.25) is 0 Å². The van der Waals surface area contributed by atoms with Crippen LogP contribution in [0.4, 0.5) is 4.39 Å². The molecule has 0 atom stereocenters. The second kappa shape index (κ2) is 6.36. The van der Waals surface area contributed by atoms with Crippen LogP contribution in [-0.2, 0) is 10.0 Å². The highest BCUT2D eigenvalue weighted by Crippen LogP contribution is 2.37. The monoisotopic (exact) mass is 378 g/mol.